The fourth-order valence-corrected chi connectivity index (χ4v) is 1.86. The van der Waals surface area contributed by atoms with Crippen LogP contribution in [0, 0.1) is 0 Å². The van der Waals surface area contributed by atoms with Crippen LogP contribution in [0.5, 0.6) is 5.75 Å². The van der Waals surface area contributed by atoms with Crippen LogP contribution >= 0.6 is 23.2 Å². The van der Waals surface area contributed by atoms with E-state index in [1.165, 1.54) is 6.21 Å². The van der Waals surface area contributed by atoms with Crippen molar-refractivity contribution in [2.45, 2.75) is 6.61 Å². The first-order valence-corrected chi connectivity index (χ1v) is 6.29. The maximum absolute atomic E-state index is 8.61. The highest BCUT2D eigenvalue weighted by molar-refractivity contribution is 6.31. The number of rotatable bonds is 4. The fraction of sp³-hybridized carbons (Fsp3) is 0.0714. The van der Waals surface area contributed by atoms with Crippen molar-refractivity contribution in [2.75, 3.05) is 0 Å². The number of ether oxygens (including phenoxy) is 1. The molecule has 19 heavy (non-hydrogen) atoms. The van der Waals surface area contributed by atoms with Gasteiger partial charge in [0.05, 0.1) is 6.21 Å². The van der Waals surface area contributed by atoms with Crippen LogP contribution in [0.2, 0.25) is 10.0 Å². The average molecular weight is 296 g/mol. The van der Waals surface area contributed by atoms with E-state index in [4.69, 9.17) is 33.1 Å². The van der Waals surface area contributed by atoms with Gasteiger partial charge in [0.2, 0.25) is 0 Å². The lowest BCUT2D eigenvalue weighted by molar-refractivity contribution is 0.304. The van der Waals surface area contributed by atoms with E-state index < -0.39 is 0 Å². The van der Waals surface area contributed by atoms with Crippen LogP contribution in [0.1, 0.15) is 11.1 Å². The lowest BCUT2D eigenvalue weighted by Crippen LogP contribution is -1.98. The summed E-state index contributed by atoms with van der Waals surface area (Å²) in [5, 5.41) is 12.8. The molecule has 2 aromatic carbocycles. The quantitative estimate of drug-likeness (QED) is 0.517. The van der Waals surface area contributed by atoms with Crippen LogP contribution in [0.25, 0.3) is 0 Å². The Hall–Kier alpha value is -1.71. The molecule has 0 aliphatic rings. The summed E-state index contributed by atoms with van der Waals surface area (Å²) >= 11 is 11.7. The second-order valence-electron chi connectivity index (χ2n) is 3.84. The minimum Gasteiger partial charge on any atom is -0.488 e. The molecule has 0 fully saturated rings. The molecule has 0 unspecified atom stereocenters. The summed E-state index contributed by atoms with van der Waals surface area (Å²) in [6.45, 7) is 0.394. The lowest BCUT2D eigenvalue weighted by atomic mass is 10.2. The summed E-state index contributed by atoms with van der Waals surface area (Å²) in [5.41, 5.74) is 1.61. The van der Waals surface area contributed by atoms with Crippen LogP contribution in [0.4, 0.5) is 0 Å². The van der Waals surface area contributed by atoms with Crippen molar-refractivity contribution in [3.8, 4) is 5.75 Å². The Morgan fingerprint density at radius 2 is 1.74 bits per heavy atom. The molecular formula is C14H11Cl2NO2. The summed E-state index contributed by atoms with van der Waals surface area (Å²) in [7, 11) is 0. The molecule has 2 rings (SSSR count). The second kappa shape index (κ2) is 6.45. The maximum atomic E-state index is 8.61. The number of benzene rings is 2. The lowest BCUT2D eigenvalue weighted by Gasteiger charge is -2.09. The van der Waals surface area contributed by atoms with E-state index in [0.29, 0.717) is 28.0 Å². The van der Waals surface area contributed by atoms with Gasteiger partial charge in [-0.3, -0.25) is 0 Å². The topological polar surface area (TPSA) is 41.8 Å². The standard InChI is InChI=1S/C14H11Cl2NO2/c15-12-3-1-10(2-4-12)9-19-14-6-5-13(16)7-11(14)8-17-18/h1-8,18H,9H2/b17-8+. The molecule has 0 aliphatic carbocycles. The zero-order valence-corrected chi connectivity index (χ0v) is 11.4. The Morgan fingerprint density at radius 1 is 1.05 bits per heavy atom. The van der Waals surface area contributed by atoms with Crippen molar-refractivity contribution in [3.05, 3.63) is 63.6 Å². The first-order valence-electron chi connectivity index (χ1n) is 5.53. The van der Waals surface area contributed by atoms with Crippen molar-refractivity contribution in [3.63, 3.8) is 0 Å². The Morgan fingerprint density at radius 3 is 2.42 bits per heavy atom. The van der Waals surface area contributed by atoms with Crippen LogP contribution < -0.4 is 4.74 Å². The monoisotopic (exact) mass is 295 g/mol. The van der Waals surface area contributed by atoms with Crippen LogP contribution in [-0.4, -0.2) is 11.4 Å². The average Bonchev–Trinajstić information content (AvgIpc) is 2.40. The van der Waals surface area contributed by atoms with Crippen molar-refractivity contribution in [1.29, 1.82) is 0 Å². The fourth-order valence-electron chi connectivity index (χ4n) is 1.56. The zero-order chi connectivity index (χ0) is 13.7. The van der Waals surface area contributed by atoms with Gasteiger partial charge >= 0.3 is 0 Å². The van der Waals surface area contributed by atoms with E-state index in [-0.39, 0.29) is 0 Å². The Bertz CT molecular complexity index is 582. The molecule has 0 aromatic heterocycles. The molecule has 98 valence electrons. The number of hydrogen-bond donors (Lipinski definition) is 1. The minimum absolute atomic E-state index is 0.394. The first-order chi connectivity index (χ1) is 9.19. The molecule has 2 aromatic rings. The zero-order valence-electron chi connectivity index (χ0n) is 9.88. The number of hydrogen-bond acceptors (Lipinski definition) is 3. The summed E-state index contributed by atoms with van der Waals surface area (Å²) in [6.07, 6.45) is 1.28. The summed E-state index contributed by atoms with van der Waals surface area (Å²) in [6, 6.07) is 12.5. The van der Waals surface area contributed by atoms with E-state index >= 15 is 0 Å². The molecule has 5 heteroatoms. The predicted molar refractivity (Wildman–Crippen MR) is 76.6 cm³/mol. The Kier molecular flexibility index (Phi) is 4.66. The SMILES string of the molecule is O/N=C/c1cc(Cl)ccc1OCc1ccc(Cl)cc1. The minimum atomic E-state index is 0.394. The smallest absolute Gasteiger partial charge is 0.128 e. The van der Waals surface area contributed by atoms with E-state index in [1.54, 1.807) is 30.3 Å². The number of oxime groups is 1. The Balaban J connectivity index is 2.12. The van der Waals surface area contributed by atoms with Crippen LogP contribution in [0.3, 0.4) is 0 Å². The molecule has 0 spiro atoms. The van der Waals surface area contributed by atoms with Gasteiger partial charge in [0, 0.05) is 15.6 Å². The van der Waals surface area contributed by atoms with Gasteiger partial charge in [-0.2, -0.15) is 0 Å². The van der Waals surface area contributed by atoms with E-state index in [1.807, 2.05) is 12.1 Å². The summed E-state index contributed by atoms with van der Waals surface area (Å²) in [5.74, 6) is 0.595. The first kappa shape index (κ1) is 13.7. The normalized spacial score (nSPS) is 10.8. The third-order valence-corrected chi connectivity index (χ3v) is 2.96. The summed E-state index contributed by atoms with van der Waals surface area (Å²) < 4.78 is 5.67. The molecule has 0 bridgehead atoms. The molecule has 0 aliphatic heterocycles. The maximum Gasteiger partial charge on any atom is 0.128 e. The number of nitrogens with zero attached hydrogens (tertiary/aromatic N) is 1. The predicted octanol–water partition coefficient (Wildman–Crippen LogP) is 4.38. The van der Waals surface area contributed by atoms with Gasteiger partial charge in [-0.1, -0.05) is 40.5 Å². The highest BCUT2D eigenvalue weighted by Crippen LogP contribution is 2.22. The molecule has 0 amide bonds. The number of halogens is 2. The van der Waals surface area contributed by atoms with Gasteiger partial charge in [-0.05, 0) is 35.9 Å². The molecule has 3 nitrogen and oxygen atoms in total. The molecule has 0 saturated carbocycles. The van der Waals surface area contributed by atoms with Crippen molar-refractivity contribution < 1.29 is 9.94 Å². The van der Waals surface area contributed by atoms with Gasteiger partial charge in [-0.15, -0.1) is 0 Å². The van der Waals surface area contributed by atoms with E-state index in [9.17, 15) is 0 Å². The second-order valence-corrected chi connectivity index (χ2v) is 4.71. The molecule has 0 radical (unpaired) electrons. The molecule has 0 saturated heterocycles. The molecule has 0 atom stereocenters. The largest absolute Gasteiger partial charge is 0.488 e. The van der Waals surface area contributed by atoms with Gasteiger partial charge < -0.3 is 9.94 Å². The molecular weight excluding hydrogens is 285 g/mol. The molecule has 1 N–H and O–H groups in total. The highest BCUT2D eigenvalue weighted by Gasteiger charge is 2.04. The third-order valence-electron chi connectivity index (χ3n) is 2.48. The van der Waals surface area contributed by atoms with Gasteiger partial charge in [0.25, 0.3) is 0 Å². The third kappa shape index (κ3) is 3.88. The van der Waals surface area contributed by atoms with Gasteiger partial charge in [-0.25, -0.2) is 0 Å². The Labute approximate surface area is 121 Å². The van der Waals surface area contributed by atoms with Crippen molar-refractivity contribution in [2.24, 2.45) is 5.16 Å². The molecule has 0 heterocycles. The van der Waals surface area contributed by atoms with Crippen LogP contribution in [-0.2, 0) is 6.61 Å². The van der Waals surface area contributed by atoms with Crippen molar-refractivity contribution >= 4 is 29.4 Å². The van der Waals surface area contributed by atoms with E-state index in [0.717, 1.165) is 5.56 Å². The van der Waals surface area contributed by atoms with E-state index in [2.05, 4.69) is 5.16 Å². The summed E-state index contributed by atoms with van der Waals surface area (Å²) in [4.78, 5) is 0. The van der Waals surface area contributed by atoms with Crippen LogP contribution in [0.15, 0.2) is 47.6 Å². The highest BCUT2D eigenvalue weighted by atomic mass is 35.5. The van der Waals surface area contributed by atoms with Gasteiger partial charge in [0.15, 0.2) is 0 Å². The van der Waals surface area contributed by atoms with Crippen molar-refractivity contribution in [1.82, 2.24) is 0 Å². The van der Waals surface area contributed by atoms with Gasteiger partial charge in [0.1, 0.15) is 12.4 Å².